The lowest BCUT2D eigenvalue weighted by molar-refractivity contribution is 0.142. The van der Waals surface area contributed by atoms with E-state index in [2.05, 4.69) is 53.5 Å². The number of rotatable bonds is 4. The highest BCUT2D eigenvalue weighted by Gasteiger charge is 2.25. The normalized spacial score (nSPS) is 27.4. The fourth-order valence-corrected chi connectivity index (χ4v) is 3.56. The van der Waals surface area contributed by atoms with Crippen LogP contribution < -0.4 is 5.32 Å². The highest BCUT2D eigenvalue weighted by atomic mass is 15.2. The van der Waals surface area contributed by atoms with Crippen LogP contribution in [0.15, 0.2) is 42.0 Å². The second-order valence-corrected chi connectivity index (χ2v) is 6.57. The van der Waals surface area contributed by atoms with Gasteiger partial charge in [0.15, 0.2) is 0 Å². The molecular weight excluding hydrogens is 256 g/mol. The topological polar surface area (TPSA) is 15.3 Å². The molecule has 1 fully saturated rings. The van der Waals surface area contributed by atoms with Gasteiger partial charge in [-0.1, -0.05) is 42.0 Å². The van der Waals surface area contributed by atoms with Gasteiger partial charge in [-0.2, -0.15) is 0 Å². The van der Waals surface area contributed by atoms with Crippen molar-refractivity contribution in [1.29, 1.82) is 0 Å². The molecule has 0 saturated carbocycles. The molecule has 2 atom stereocenters. The first kappa shape index (κ1) is 14.8. The third kappa shape index (κ3) is 3.96. The summed E-state index contributed by atoms with van der Waals surface area (Å²) in [4.78, 5) is 2.67. The monoisotopic (exact) mass is 284 g/mol. The summed E-state index contributed by atoms with van der Waals surface area (Å²) >= 11 is 0. The summed E-state index contributed by atoms with van der Waals surface area (Å²) in [5.74, 6) is 0. The summed E-state index contributed by atoms with van der Waals surface area (Å²) < 4.78 is 0. The summed E-state index contributed by atoms with van der Waals surface area (Å²) in [7, 11) is 0. The number of piperazine rings is 1. The number of hydrogen-bond donors (Lipinski definition) is 1. The molecule has 2 unspecified atom stereocenters. The Kier molecular flexibility index (Phi) is 5.10. The molecule has 0 spiro atoms. The standard InChI is InChI=1S/C19H28N2/c1-16-14-20-19(18-10-6-3-7-11-18)15-21(16)13-12-17-8-4-2-5-9-17/h3,6-8,10-11,16,19-20H,2,4-5,9,12-15H2,1H3. The zero-order valence-electron chi connectivity index (χ0n) is 13.2. The molecule has 1 aliphatic carbocycles. The van der Waals surface area contributed by atoms with Crippen LogP contribution in [0.3, 0.4) is 0 Å². The molecule has 114 valence electrons. The molecule has 1 N–H and O–H groups in total. The second-order valence-electron chi connectivity index (χ2n) is 6.57. The Balaban J connectivity index is 1.57. The van der Waals surface area contributed by atoms with Crippen molar-refractivity contribution < 1.29 is 0 Å². The minimum absolute atomic E-state index is 0.489. The molecule has 0 bridgehead atoms. The van der Waals surface area contributed by atoms with Gasteiger partial charge < -0.3 is 5.32 Å². The Labute approximate surface area is 129 Å². The first-order valence-corrected chi connectivity index (χ1v) is 8.53. The SMILES string of the molecule is CC1CNC(c2ccccc2)CN1CCC1=CCCCC1. The zero-order chi connectivity index (χ0) is 14.5. The van der Waals surface area contributed by atoms with E-state index in [9.17, 15) is 0 Å². The zero-order valence-corrected chi connectivity index (χ0v) is 13.2. The van der Waals surface area contributed by atoms with Gasteiger partial charge in [0.1, 0.15) is 0 Å². The first-order chi connectivity index (χ1) is 10.3. The van der Waals surface area contributed by atoms with Crippen molar-refractivity contribution in [1.82, 2.24) is 10.2 Å². The van der Waals surface area contributed by atoms with Crippen molar-refractivity contribution in [2.75, 3.05) is 19.6 Å². The van der Waals surface area contributed by atoms with E-state index in [1.807, 2.05) is 0 Å². The van der Waals surface area contributed by atoms with Crippen molar-refractivity contribution in [3.63, 3.8) is 0 Å². The molecule has 1 saturated heterocycles. The predicted molar refractivity (Wildman–Crippen MR) is 89.4 cm³/mol. The minimum Gasteiger partial charge on any atom is -0.307 e. The summed E-state index contributed by atoms with van der Waals surface area (Å²) in [5, 5.41) is 3.70. The molecule has 1 heterocycles. The highest BCUT2D eigenvalue weighted by Crippen LogP contribution is 2.23. The molecule has 1 aliphatic heterocycles. The number of allylic oxidation sites excluding steroid dienone is 1. The van der Waals surface area contributed by atoms with E-state index >= 15 is 0 Å². The average molecular weight is 284 g/mol. The van der Waals surface area contributed by atoms with Gasteiger partial charge in [-0.25, -0.2) is 0 Å². The molecular formula is C19H28N2. The average Bonchev–Trinajstić information content (AvgIpc) is 2.56. The quantitative estimate of drug-likeness (QED) is 0.843. The van der Waals surface area contributed by atoms with Crippen LogP contribution in [0, 0.1) is 0 Å². The molecule has 2 aliphatic rings. The van der Waals surface area contributed by atoms with Crippen LogP contribution in [0.25, 0.3) is 0 Å². The Hall–Kier alpha value is -1.12. The third-order valence-corrected chi connectivity index (χ3v) is 5.01. The van der Waals surface area contributed by atoms with Crippen LogP contribution in [0.4, 0.5) is 0 Å². The van der Waals surface area contributed by atoms with E-state index in [4.69, 9.17) is 0 Å². The van der Waals surface area contributed by atoms with Gasteiger partial charge in [-0.3, -0.25) is 4.90 Å². The van der Waals surface area contributed by atoms with Gasteiger partial charge in [0.25, 0.3) is 0 Å². The van der Waals surface area contributed by atoms with Crippen LogP contribution in [0.5, 0.6) is 0 Å². The lowest BCUT2D eigenvalue weighted by Crippen LogP contribution is -2.51. The van der Waals surface area contributed by atoms with Crippen LogP contribution in [0.2, 0.25) is 0 Å². The largest absolute Gasteiger partial charge is 0.307 e. The Morgan fingerprint density at radius 2 is 2.05 bits per heavy atom. The fraction of sp³-hybridized carbons (Fsp3) is 0.579. The number of nitrogens with one attached hydrogen (secondary N) is 1. The number of benzene rings is 1. The van der Waals surface area contributed by atoms with E-state index in [0.717, 1.165) is 13.1 Å². The first-order valence-electron chi connectivity index (χ1n) is 8.53. The Morgan fingerprint density at radius 1 is 1.19 bits per heavy atom. The molecule has 1 aromatic rings. The van der Waals surface area contributed by atoms with Crippen LogP contribution in [-0.4, -0.2) is 30.6 Å². The fourth-order valence-electron chi connectivity index (χ4n) is 3.56. The maximum atomic E-state index is 3.70. The summed E-state index contributed by atoms with van der Waals surface area (Å²) in [6, 6.07) is 12.0. The van der Waals surface area contributed by atoms with Crippen molar-refractivity contribution in [3.05, 3.63) is 47.5 Å². The summed E-state index contributed by atoms with van der Waals surface area (Å²) in [5.41, 5.74) is 3.12. The highest BCUT2D eigenvalue weighted by molar-refractivity contribution is 5.20. The molecule has 21 heavy (non-hydrogen) atoms. The molecule has 2 heteroatoms. The maximum Gasteiger partial charge on any atom is 0.0449 e. The second kappa shape index (κ2) is 7.24. The van der Waals surface area contributed by atoms with E-state index < -0.39 is 0 Å². The van der Waals surface area contributed by atoms with Gasteiger partial charge in [-0.15, -0.1) is 0 Å². The molecule has 1 aromatic carbocycles. The number of hydrogen-bond acceptors (Lipinski definition) is 2. The van der Waals surface area contributed by atoms with Crippen LogP contribution in [0.1, 0.15) is 50.6 Å². The van der Waals surface area contributed by atoms with Gasteiger partial charge in [0.2, 0.25) is 0 Å². The predicted octanol–water partition coefficient (Wildman–Crippen LogP) is 3.91. The summed E-state index contributed by atoms with van der Waals surface area (Å²) in [6.45, 7) is 5.80. The van der Waals surface area contributed by atoms with Gasteiger partial charge >= 0.3 is 0 Å². The number of nitrogens with zero attached hydrogens (tertiary/aromatic N) is 1. The van der Waals surface area contributed by atoms with E-state index in [1.165, 1.54) is 44.2 Å². The molecule has 2 nitrogen and oxygen atoms in total. The third-order valence-electron chi connectivity index (χ3n) is 5.01. The van der Waals surface area contributed by atoms with Gasteiger partial charge in [-0.05, 0) is 44.6 Å². The van der Waals surface area contributed by atoms with Crippen LogP contribution in [-0.2, 0) is 0 Å². The van der Waals surface area contributed by atoms with Crippen molar-refractivity contribution in [3.8, 4) is 0 Å². The molecule has 0 aromatic heterocycles. The lowest BCUT2D eigenvalue weighted by Gasteiger charge is -2.39. The molecule has 0 amide bonds. The van der Waals surface area contributed by atoms with Crippen molar-refractivity contribution in [2.24, 2.45) is 0 Å². The van der Waals surface area contributed by atoms with Crippen molar-refractivity contribution in [2.45, 2.75) is 51.1 Å². The lowest BCUT2D eigenvalue weighted by atomic mass is 9.96. The molecule has 0 radical (unpaired) electrons. The van der Waals surface area contributed by atoms with Gasteiger partial charge in [0, 0.05) is 31.7 Å². The van der Waals surface area contributed by atoms with Crippen molar-refractivity contribution >= 4 is 0 Å². The maximum absolute atomic E-state index is 3.70. The smallest absolute Gasteiger partial charge is 0.0449 e. The summed E-state index contributed by atoms with van der Waals surface area (Å²) in [6.07, 6.45) is 9.19. The Bertz CT molecular complexity index is 466. The van der Waals surface area contributed by atoms with Gasteiger partial charge in [0.05, 0.1) is 0 Å². The van der Waals surface area contributed by atoms with E-state index in [-0.39, 0.29) is 0 Å². The minimum atomic E-state index is 0.489. The van der Waals surface area contributed by atoms with E-state index in [1.54, 1.807) is 5.57 Å². The Morgan fingerprint density at radius 3 is 2.81 bits per heavy atom. The molecule has 3 rings (SSSR count). The van der Waals surface area contributed by atoms with Crippen LogP contribution >= 0.6 is 0 Å². The van der Waals surface area contributed by atoms with E-state index in [0.29, 0.717) is 12.1 Å².